The van der Waals surface area contributed by atoms with E-state index in [0.717, 1.165) is 16.8 Å². The van der Waals surface area contributed by atoms with Gasteiger partial charge in [-0.2, -0.15) is 0 Å². The molecule has 0 amide bonds. The Balaban J connectivity index is 2.25. The molecule has 1 aromatic heterocycles. The molecule has 0 saturated heterocycles. The highest BCUT2D eigenvalue weighted by Crippen LogP contribution is 2.34. The minimum absolute atomic E-state index is 0.981. The Morgan fingerprint density at radius 2 is 1.30 bits per heavy atom. The van der Waals surface area contributed by atoms with E-state index in [0.29, 0.717) is 0 Å². The molecule has 0 fully saturated rings. The van der Waals surface area contributed by atoms with Crippen molar-refractivity contribution in [2.24, 2.45) is 0 Å². The van der Waals surface area contributed by atoms with E-state index < -0.39 is 0 Å². The zero-order valence-electron chi connectivity index (χ0n) is 10.4. The van der Waals surface area contributed by atoms with Crippen molar-refractivity contribution in [3.05, 3.63) is 68.2 Å². The van der Waals surface area contributed by atoms with Crippen molar-refractivity contribution >= 4 is 45.2 Å². The van der Waals surface area contributed by atoms with Gasteiger partial charge in [-0.15, -0.1) is 0 Å². The van der Waals surface area contributed by atoms with Crippen molar-refractivity contribution in [2.45, 2.75) is 0 Å². The standard InChI is InChI=1S/C16H10I2N2/c17-14-7-3-1-5-11(14)13-9-19-10-20-16(13)12-6-2-4-8-15(12)18/h1-10H. The number of aromatic nitrogens is 2. The van der Waals surface area contributed by atoms with E-state index in [-0.39, 0.29) is 0 Å². The van der Waals surface area contributed by atoms with Gasteiger partial charge in [0.1, 0.15) is 6.33 Å². The summed E-state index contributed by atoms with van der Waals surface area (Å²) in [6, 6.07) is 16.6. The molecular formula is C16H10I2N2. The van der Waals surface area contributed by atoms with Crippen LogP contribution < -0.4 is 0 Å². The average molecular weight is 484 g/mol. The van der Waals surface area contributed by atoms with Gasteiger partial charge in [0.25, 0.3) is 0 Å². The first-order valence-electron chi connectivity index (χ1n) is 6.07. The highest BCUT2D eigenvalue weighted by Gasteiger charge is 2.13. The van der Waals surface area contributed by atoms with Crippen LogP contribution in [0.4, 0.5) is 0 Å². The Morgan fingerprint density at radius 3 is 1.95 bits per heavy atom. The molecule has 0 bridgehead atoms. The first-order valence-corrected chi connectivity index (χ1v) is 8.23. The van der Waals surface area contributed by atoms with Gasteiger partial charge in [-0.05, 0) is 62.9 Å². The molecule has 0 unspecified atom stereocenters. The van der Waals surface area contributed by atoms with Crippen LogP contribution in [0.25, 0.3) is 22.4 Å². The van der Waals surface area contributed by atoms with Crippen molar-refractivity contribution in [3.63, 3.8) is 0 Å². The highest BCUT2D eigenvalue weighted by molar-refractivity contribution is 14.1. The van der Waals surface area contributed by atoms with Crippen molar-refractivity contribution in [2.75, 3.05) is 0 Å². The average Bonchev–Trinajstić information content (AvgIpc) is 2.48. The summed E-state index contributed by atoms with van der Waals surface area (Å²) in [5, 5.41) is 0. The van der Waals surface area contributed by atoms with Crippen LogP contribution in [0.5, 0.6) is 0 Å². The fourth-order valence-corrected chi connectivity index (χ4v) is 3.40. The molecule has 20 heavy (non-hydrogen) atoms. The van der Waals surface area contributed by atoms with Crippen molar-refractivity contribution in [1.82, 2.24) is 9.97 Å². The Hall–Kier alpha value is -1.02. The summed E-state index contributed by atoms with van der Waals surface area (Å²) in [6.45, 7) is 0. The van der Waals surface area contributed by atoms with Crippen molar-refractivity contribution in [1.29, 1.82) is 0 Å². The van der Waals surface area contributed by atoms with Crippen LogP contribution in [-0.2, 0) is 0 Å². The fourth-order valence-electron chi connectivity index (χ4n) is 2.07. The van der Waals surface area contributed by atoms with Crippen LogP contribution in [0.1, 0.15) is 0 Å². The van der Waals surface area contributed by atoms with Crippen LogP contribution in [0.3, 0.4) is 0 Å². The lowest BCUT2D eigenvalue weighted by Gasteiger charge is -2.11. The lowest BCUT2D eigenvalue weighted by atomic mass is 10.0. The molecule has 2 aromatic carbocycles. The van der Waals surface area contributed by atoms with Gasteiger partial charge in [-0.1, -0.05) is 36.4 Å². The normalized spacial score (nSPS) is 10.5. The van der Waals surface area contributed by atoms with Gasteiger partial charge in [0.2, 0.25) is 0 Å². The molecule has 98 valence electrons. The molecule has 0 aliphatic heterocycles. The zero-order chi connectivity index (χ0) is 13.9. The van der Waals surface area contributed by atoms with Gasteiger partial charge in [0.15, 0.2) is 0 Å². The van der Waals surface area contributed by atoms with Crippen molar-refractivity contribution < 1.29 is 0 Å². The summed E-state index contributed by atoms with van der Waals surface area (Å²) >= 11 is 4.70. The number of hydrogen-bond acceptors (Lipinski definition) is 2. The first kappa shape index (κ1) is 13.9. The van der Waals surface area contributed by atoms with Gasteiger partial charge in [-0.3, -0.25) is 0 Å². The van der Waals surface area contributed by atoms with E-state index in [9.17, 15) is 0 Å². The number of nitrogens with zero attached hydrogens (tertiary/aromatic N) is 2. The summed E-state index contributed by atoms with van der Waals surface area (Å²) in [7, 11) is 0. The highest BCUT2D eigenvalue weighted by atomic mass is 127. The summed E-state index contributed by atoms with van der Waals surface area (Å²) in [5.74, 6) is 0. The van der Waals surface area contributed by atoms with Crippen LogP contribution >= 0.6 is 45.2 Å². The molecule has 3 rings (SSSR count). The summed E-state index contributed by atoms with van der Waals surface area (Å²) < 4.78 is 2.39. The van der Waals surface area contributed by atoms with Crippen LogP contribution in [0, 0.1) is 7.14 Å². The third-order valence-corrected chi connectivity index (χ3v) is 4.89. The lowest BCUT2D eigenvalue weighted by Crippen LogP contribution is -1.94. The van der Waals surface area contributed by atoms with Crippen LogP contribution in [0.2, 0.25) is 0 Å². The Kier molecular flexibility index (Phi) is 4.30. The Morgan fingerprint density at radius 1 is 0.700 bits per heavy atom. The van der Waals surface area contributed by atoms with E-state index in [1.165, 1.54) is 12.7 Å². The van der Waals surface area contributed by atoms with Crippen LogP contribution in [-0.4, -0.2) is 9.97 Å². The molecule has 0 spiro atoms. The minimum atomic E-state index is 0.981. The van der Waals surface area contributed by atoms with Gasteiger partial charge in [0, 0.05) is 24.5 Å². The minimum Gasteiger partial charge on any atom is -0.244 e. The number of hydrogen-bond donors (Lipinski definition) is 0. The predicted molar refractivity (Wildman–Crippen MR) is 98.3 cm³/mol. The quantitative estimate of drug-likeness (QED) is 0.478. The third-order valence-electron chi connectivity index (χ3n) is 3.01. The van der Waals surface area contributed by atoms with Gasteiger partial charge >= 0.3 is 0 Å². The van der Waals surface area contributed by atoms with E-state index in [4.69, 9.17) is 0 Å². The second-order valence-electron chi connectivity index (χ2n) is 4.24. The zero-order valence-corrected chi connectivity index (χ0v) is 14.7. The Labute approximate surface area is 145 Å². The van der Waals surface area contributed by atoms with E-state index >= 15 is 0 Å². The number of benzene rings is 2. The summed E-state index contributed by atoms with van der Waals surface area (Å²) in [6.07, 6.45) is 3.50. The molecule has 0 aliphatic rings. The summed E-state index contributed by atoms with van der Waals surface area (Å²) in [4.78, 5) is 8.71. The molecule has 0 atom stereocenters. The molecule has 0 N–H and O–H groups in total. The maximum Gasteiger partial charge on any atom is 0.116 e. The van der Waals surface area contributed by atoms with Crippen LogP contribution in [0.15, 0.2) is 61.1 Å². The monoisotopic (exact) mass is 484 g/mol. The molecular weight excluding hydrogens is 474 g/mol. The predicted octanol–water partition coefficient (Wildman–Crippen LogP) is 5.02. The van der Waals surface area contributed by atoms with Gasteiger partial charge in [0.05, 0.1) is 5.69 Å². The molecule has 4 heteroatoms. The first-order chi connectivity index (χ1) is 9.77. The molecule has 2 nitrogen and oxygen atoms in total. The Bertz CT molecular complexity index is 692. The topological polar surface area (TPSA) is 25.8 Å². The second-order valence-corrected chi connectivity index (χ2v) is 6.57. The SMILES string of the molecule is Ic1ccccc1-c1cncnc1-c1ccccc1I. The number of rotatable bonds is 2. The van der Waals surface area contributed by atoms with Crippen molar-refractivity contribution in [3.8, 4) is 22.4 Å². The molecule has 1 heterocycles. The third kappa shape index (κ3) is 2.71. The van der Waals surface area contributed by atoms with Gasteiger partial charge < -0.3 is 0 Å². The maximum atomic E-state index is 4.51. The maximum absolute atomic E-state index is 4.51. The smallest absolute Gasteiger partial charge is 0.116 e. The van der Waals surface area contributed by atoms with E-state index in [1.807, 2.05) is 30.5 Å². The fraction of sp³-hybridized carbons (Fsp3) is 0. The molecule has 0 saturated carbocycles. The summed E-state index contributed by atoms with van der Waals surface area (Å²) in [5.41, 5.74) is 4.37. The second kappa shape index (κ2) is 6.17. The molecule has 3 aromatic rings. The molecule has 0 radical (unpaired) electrons. The lowest BCUT2D eigenvalue weighted by molar-refractivity contribution is 1.17. The largest absolute Gasteiger partial charge is 0.244 e. The van der Waals surface area contributed by atoms with E-state index in [2.05, 4.69) is 79.4 Å². The van der Waals surface area contributed by atoms with E-state index in [1.54, 1.807) is 6.33 Å². The molecule has 0 aliphatic carbocycles. The number of halogens is 2. The van der Waals surface area contributed by atoms with Gasteiger partial charge in [-0.25, -0.2) is 9.97 Å².